The van der Waals surface area contributed by atoms with Crippen LogP contribution in [0.3, 0.4) is 0 Å². The van der Waals surface area contributed by atoms with E-state index in [1.165, 1.54) is 0 Å². The molecule has 2 aromatic rings. The van der Waals surface area contributed by atoms with Crippen LogP contribution in [-0.2, 0) is 0 Å². The van der Waals surface area contributed by atoms with Crippen molar-refractivity contribution >= 4 is 34.8 Å². The summed E-state index contributed by atoms with van der Waals surface area (Å²) < 4.78 is 26.3. The van der Waals surface area contributed by atoms with Crippen LogP contribution < -0.4 is 0 Å². The van der Waals surface area contributed by atoms with Gasteiger partial charge in [-0.2, -0.15) is 0 Å². The van der Waals surface area contributed by atoms with E-state index < -0.39 is 17.0 Å². The molecule has 0 aliphatic carbocycles. The number of benzene rings is 2. The lowest BCUT2D eigenvalue weighted by Crippen LogP contribution is -1.99. The normalized spacial score (nSPS) is 12.5. The molecule has 0 aliphatic heterocycles. The molecule has 0 amide bonds. The molecule has 0 radical (unpaired) electrons. The van der Waals surface area contributed by atoms with Gasteiger partial charge in [0.05, 0.1) is 5.38 Å². The van der Waals surface area contributed by atoms with Crippen molar-refractivity contribution in [2.24, 2.45) is 0 Å². The van der Waals surface area contributed by atoms with E-state index >= 15 is 0 Å². The lowest BCUT2D eigenvalue weighted by atomic mass is 10.00. The number of hydrogen-bond acceptors (Lipinski definition) is 0. The average molecular weight is 322 g/mol. The van der Waals surface area contributed by atoms with Crippen molar-refractivity contribution < 1.29 is 8.78 Å². The van der Waals surface area contributed by atoms with E-state index in [1.54, 1.807) is 18.2 Å². The highest BCUT2D eigenvalue weighted by Gasteiger charge is 2.19. The largest absolute Gasteiger partial charge is 0.204 e. The van der Waals surface area contributed by atoms with Crippen LogP contribution in [-0.4, -0.2) is 0 Å². The third kappa shape index (κ3) is 3.02. The summed E-state index contributed by atoms with van der Waals surface area (Å²) >= 11 is 18.1. The van der Waals surface area contributed by atoms with Crippen LogP contribution in [0.5, 0.6) is 0 Å². The topological polar surface area (TPSA) is 0 Å². The predicted octanol–water partition coefficient (Wildman–Crippen LogP) is 5.91. The monoisotopic (exact) mass is 320 g/mol. The molecule has 0 N–H and O–H groups in total. The van der Waals surface area contributed by atoms with E-state index in [1.807, 2.05) is 6.92 Å². The molecule has 5 heteroatoms. The van der Waals surface area contributed by atoms with E-state index in [9.17, 15) is 8.78 Å². The summed E-state index contributed by atoms with van der Waals surface area (Å²) in [6.07, 6.45) is 0. The molecule has 2 rings (SSSR count). The van der Waals surface area contributed by atoms with Crippen LogP contribution in [0.25, 0.3) is 0 Å². The zero-order valence-corrected chi connectivity index (χ0v) is 12.1. The molecular formula is C14H9Cl3F2. The fraction of sp³-hybridized carbons (Fsp3) is 0.143. The maximum atomic E-state index is 13.3. The van der Waals surface area contributed by atoms with Gasteiger partial charge in [0.2, 0.25) is 0 Å². The smallest absolute Gasteiger partial charge is 0.160 e. The molecule has 0 spiro atoms. The minimum Gasteiger partial charge on any atom is -0.204 e. The Morgan fingerprint density at radius 3 is 2.26 bits per heavy atom. The van der Waals surface area contributed by atoms with Gasteiger partial charge in [0, 0.05) is 10.0 Å². The highest BCUT2D eigenvalue weighted by Crippen LogP contribution is 2.37. The first-order valence-corrected chi connectivity index (χ1v) is 6.64. The molecule has 0 saturated heterocycles. The van der Waals surface area contributed by atoms with Crippen LogP contribution in [0.4, 0.5) is 8.78 Å². The van der Waals surface area contributed by atoms with Gasteiger partial charge in [0.1, 0.15) is 0 Å². The standard InChI is InChI=1S/C14H9Cl3F2/c1-7-2-3-8(15)4-9(7)14(17)10-5-12(18)13(19)6-11(10)16/h2-6,14H,1H3. The van der Waals surface area contributed by atoms with Gasteiger partial charge in [-0.25, -0.2) is 8.78 Å². The van der Waals surface area contributed by atoms with Crippen molar-refractivity contribution in [3.8, 4) is 0 Å². The van der Waals surface area contributed by atoms with Crippen LogP contribution in [0.2, 0.25) is 10.0 Å². The molecule has 0 saturated carbocycles. The summed E-state index contributed by atoms with van der Waals surface area (Å²) in [5.41, 5.74) is 1.92. The molecule has 0 heterocycles. The third-order valence-electron chi connectivity index (χ3n) is 2.83. The van der Waals surface area contributed by atoms with Gasteiger partial charge in [-0.1, -0.05) is 29.3 Å². The maximum absolute atomic E-state index is 13.3. The van der Waals surface area contributed by atoms with E-state index in [-0.39, 0.29) is 5.02 Å². The van der Waals surface area contributed by atoms with Crippen LogP contribution in [0, 0.1) is 18.6 Å². The SMILES string of the molecule is Cc1ccc(Cl)cc1C(Cl)c1cc(F)c(F)cc1Cl. The summed E-state index contributed by atoms with van der Waals surface area (Å²) in [6, 6.07) is 7.15. The summed E-state index contributed by atoms with van der Waals surface area (Å²) in [5, 5.41) is -0.0930. The minimum absolute atomic E-state index is 0.0817. The second-order valence-corrected chi connectivity index (χ2v) is 5.43. The molecule has 0 fully saturated rings. The highest BCUT2D eigenvalue weighted by molar-refractivity contribution is 6.33. The molecule has 0 nitrogen and oxygen atoms in total. The number of rotatable bonds is 2. The molecule has 19 heavy (non-hydrogen) atoms. The van der Waals surface area contributed by atoms with Gasteiger partial charge in [-0.15, -0.1) is 11.6 Å². The Morgan fingerprint density at radius 2 is 1.58 bits per heavy atom. The Labute approximate surface area is 124 Å². The lowest BCUT2D eigenvalue weighted by Gasteiger charge is -2.15. The van der Waals surface area contributed by atoms with Crippen molar-refractivity contribution in [1.29, 1.82) is 0 Å². The predicted molar refractivity (Wildman–Crippen MR) is 75.3 cm³/mol. The molecule has 2 aromatic carbocycles. The second-order valence-electron chi connectivity index (χ2n) is 4.15. The van der Waals surface area contributed by atoms with Crippen molar-refractivity contribution in [2.75, 3.05) is 0 Å². The first-order valence-electron chi connectivity index (χ1n) is 5.44. The van der Waals surface area contributed by atoms with E-state index in [0.717, 1.165) is 17.7 Å². The Morgan fingerprint density at radius 1 is 0.947 bits per heavy atom. The average Bonchev–Trinajstić information content (AvgIpc) is 2.36. The number of alkyl halides is 1. The lowest BCUT2D eigenvalue weighted by molar-refractivity contribution is 0.507. The molecule has 1 unspecified atom stereocenters. The highest BCUT2D eigenvalue weighted by atomic mass is 35.5. The molecule has 100 valence electrons. The molecule has 0 aliphatic rings. The van der Waals surface area contributed by atoms with Crippen LogP contribution in [0.15, 0.2) is 30.3 Å². The second kappa shape index (κ2) is 5.66. The summed E-state index contributed by atoms with van der Waals surface area (Å²) in [4.78, 5) is 0. The maximum Gasteiger partial charge on any atom is 0.160 e. The van der Waals surface area contributed by atoms with E-state index in [2.05, 4.69) is 0 Å². The van der Waals surface area contributed by atoms with Gasteiger partial charge in [-0.05, 0) is 47.9 Å². The van der Waals surface area contributed by atoms with Crippen LogP contribution >= 0.6 is 34.8 Å². The van der Waals surface area contributed by atoms with Gasteiger partial charge in [0.15, 0.2) is 11.6 Å². The molecule has 0 bridgehead atoms. The van der Waals surface area contributed by atoms with Crippen LogP contribution in [0.1, 0.15) is 22.1 Å². The minimum atomic E-state index is -1.000. The Bertz CT molecular complexity index is 626. The Kier molecular flexibility index (Phi) is 4.34. The zero-order valence-electron chi connectivity index (χ0n) is 9.85. The summed E-state index contributed by atoms with van der Waals surface area (Å²) in [5.74, 6) is -1.98. The Hall–Kier alpha value is -0.830. The van der Waals surface area contributed by atoms with E-state index in [0.29, 0.717) is 16.1 Å². The first kappa shape index (κ1) is 14.6. The zero-order chi connectivity index (χ0) is 14.2. The fourth-order valence-corrected chi connectivity index (χ4v) is 2.70. The van der Waals surface area contributed by atoms with E-state index in [4.69, 9.17) is 34.8 Å². The summed E-state index contributed by atoms with van der Waals surface area (Å²) in [6.45, 7) is 1.86. The van der Waals surface area contributed by atoms with Crippen molar-refractivity contribution in [3.63, 3.8) is 0 Å². The molecule has 0 aromatic heterocycles. The van der Waals surface area contributed by atoms with Gasteiger partial charge in [0.25, 0.3) is 0 Å². The van der Waals surface area contributed by atoms with Gasteiger partial charge >= 0.3 is 0 Å². The number of aryl methyl sites for hydroxylation is 1. The Balaban J connectivity index is 2.52. The van der Waals surface area contributed by atoms with Crippen molar-refractivity contribution in [1.82, 2.24) is 0 Å². The van der Waals surface area contributed by atoms with Crippen molar-refractivity contribution in [2.45, 2.75) is 12.3 Å². The summed E-state index contributed by atoms with van der Waals surface area (Å²) in [7, 11) is 0. The van der Waals surface area contributed by atoms with Gasteiger partial charge < -0.3 is 0 Å². The van der Waals surface area contributed by atoms with Crippen molar-refractivity contribution in [3.05, 3.63) is 68.7 Å². The first-order chi connectivity index (χ1) is 8.90. The number of hydrogen-bond donors (Lipinski definition) is 0. The fourth-order valence-electron chi connectivity index (χ4n) is 1.78. The third-order valence-corrected chi connectivity index (χ3v) is 3.86. The number of halogens is 5. The molecule has 1 atom stereocenters. The quantitative estimate of drug-likeness (QED) is 0.476. The molecular weight excluding hydrogens is 313 g/mol. The van der Waals surface area contributed by atoms with Gasteiger partial charge in [-0.3, -0.25) is 0 Å².